The largest absolute Gasteiger partial charge is 0.399 e. The number of nitrogen functional groups attached to an aromatic ring is 1. The molecule has 1 atom stereocenters. The summed E-state index contributed by atoms with van der Waals surface area (Å²) in [4.78, 5) is 0. The van der Waals surface area contributed by atoms with E-state index in [4.69, 9.17) is 5.73 Å². The molecule has 3 rings (SSSR count). The Bertz CT molecular complexity index is 806. The zero-order valence-corrected chi connectivity index (χ0v) is 14.5. The summed E-state index contributed by atoms with van der Waals surface area (Å²) in [6, 6.07) is 29.3. The Morgan fingerprint density at radius 1 is 0.840 bits per heavy atom. The van der Waals surface area contributed by atoms with Crippen molar-refractivity contribution in [1.82, 2.24) is 5.32 Å². The molecule has 0 unspecified atom stereocenters. The van der Waals surface area contributed by atoms with E-state index in [1.54, 1.807) is 0 Å². The molecule has 0 spiro atoms. The van der Waals surface area contributed by atoms with Crippen molar-refractivity contribution in [3.8, 4) is 0 Å². The first-order valence-corrected chi connectivity index (χ1v) is 8.64. The van der Waals surface area contributed by atoms with Gasteiger partial charge in [0.05, 0.1) is 0 Å². The minimum Gasteiger partial charge on any atom is -0.399 e. The lowest BCUT2D eigenvalue weighted by molar-refractivity contribution is 0.618. The lowest BCUT2D eigenvalue weighted by atomic mass is 9.97. The van der Waals surface area contributed by atoms with Gasteiger partial charge in [-0.05, 0) is 41.3 Å². The van der Waals surface area contributed by atoms with Crippen LogP contribution in [0.15, 0.2) is 91.0 Å². The molecule has 0 fully saturated rings. The zero-order valence-electron chi connectivity index (χ0n) is 14.5. The van der Waals surface area contributed by atoms with Crippen LogP contribution in [0.3, 0.4) is 0 Å². The molecule has 0 aliphatic rings. The SMILES string of the molecule is C[C@@H](NC/C=C(\c1ccccc1)c1ccc(N)cc1)c1ccccc1. The summed E-state index contributed by atoms with van der Waals surface area (Å²) in [5.41, 5.74) is 11.5. The number of nitrogens with two attached hydrogens (primary N) is 1. The number of nitrogens with one attached hydrogen (secondary N) is 1. The predicted molar refractivity (Wildman–Crippen MR) is 107 cm³/mol. The predicted octanol–water partition coefficient (Wildman–Crippen LogP) is 5.05. The number of anilines is 1. The van der Waals surface area contributed by atoms with Crippen LogP contribution < -0.4 is 11.1 Å². The van der Waals surface area contributed by atoms with Crippen molar-refractivity contribution in [2.45, 2.75) is 13.0 Å². The van der Waals surface area contributed by atoms with E-state index in [2.05, 4.69) is 79.0 Å². The molecule has 0 heterocycles. The van der Waals surface area contributed by atoms with Crippen molar-refractivity contribution in [1.29, 1.82) is 0 Å². The van der Waals surface area contributed by atoms with Gasteiger partial charge >= 0.3 is 0 Å². The van der Waals surface area contributed by atoms with Crippen LogP contribution in [-0.4, -0.2) is 6.54 Å². The summed E-state index contributed by atoms with van der Waals surface area (Å²) >= 11 is 0. The molecule has 0 aliphatic carbocycles. The van der Waals surface area contributed by atoms with Crippen LogP contribution in [0.2, 0.25) is 0 Å². The fraction of sp³-hybridized carbons (Fsp3) is 0.130. The number of hydrogen-bond acceptors (Lipinski definition) is 2. The quantitative estimate of drug-likeness (QED) is 0.621. The van der Waals surface area contributed by atoms with E-state index in [1.165, 1.54) is 22.3 Å². The molecule has 0 saturated heterocycles. The number of rotatable bonds is 6. The highest BCUT2D eigenvalue weighted by Gasteiger charge is 2.06. The molecule has 3 N–H and O–H groups in total. The molecule has 126 valence electrons. The zero-order chi connectivity index (χ0) is 17.5. The fourth-order valence-electron chi connectivity index (χ4n) is 2.88. The highest BCUT2D eigenvalue weighted by molar-refractivity contribution is 5.80. The van der Waals surface area contributed by atoms with E-state index in [0.29, 0.717) is 6.04 Å². The van der Waals surface area contributed by atoms with Crippen LogP contribution in [0.4, 0.5) is 5.69 Å². The summed E-state index contributed by atoms with van der Waals surface area (Å²) < 4.78 is 0. The minimum absolute atomic E-state index is 0.306. The molecule has 0 radical (unpaired) electrons. The van der Waals surface area contributed by atoms with Gasteiger partial charge in [-0.25, -0.2) is 0 Å². The Balaban J connectivity index is 1.79. The maximum atomic E-state index is 5.84. The van der Waals surface area contributed by atoms with Crippen molar-refractivity contribution < 1.29 is 0 Å². The van der Waals surface area contributed by atoms with Gasteiger partial charge in [0.1, 0.15) is 0 Å². The summed E-state index contributed by atoms with van der Waals surface area (Å²) in [6.07, 6.45) is 2.25. The first-order chi connectivity index (χ1) is 12.2. The monoisotopic (exact) mass is 328 g/mol. The Kier molecular flexibility index (Phi) is 5.65. The van der Waals surface area contributed by atoms with Crippen LogP contribution in [0.25, 0.3) is 5.57 Å². The standard InChI is InChI=1S/C23H24N2/c1-18(19-8-4-2-5-9-19)25-17-16-23(20-10-6-3-7-11-20)21-12-14-22(24)15-13-21/h2-16,18,25H,17,24H2,1H3/b23-16+/t18-/m1/s1. The summed E-state index contributed by atoms with van der Waals surface area (Å²) in [5, 5.41) is 3.58. The molecule has 0 aromatic heterocycles. The smallest absolute Gasteiger partial charge is 0.0314 e. The average molecular weight is 328 g/mol. The van der Waals surface area contributed by atoms with E-state index in [1.807, 2.05) is 24.3 Å². The Morgan fingerprint density at radius 3 is 2.04 bits per heavy atom. The van der Waals surface area contributed by atoms with Gasteiger partial charge in [0.15, 0.2) is 0 Å². The summed E-state index contributed by atoms with van der Waals surface area (Å²) in [7, 11) is 0. The summed E-state index contributed by atoms with van der Waals surface area (Å²) in [6.45, 7) is 2.99. The second-order valence-electron chi connectivity index (χ2n) is 6.15. The molecule has 2 heteroatoms. The van der Waals surface area contributed by atoms with Crippen LogP contribution >= 0.6 is 0 Å². The highest BCUT2D eigenvalue weighted by Crippen LogP contribution is 2.24. The van der Waals surface area contributed by atoms with Crippen molar-refractivity contribution in [3.63, 3.8) is 0 Å². The van der Waals surface area contributed by atoms with E-state index < -0.39 is 0 Å². The highest BCUT2D eigenvalue weighted by atomic mass is 14.9. The van der Waals surface area contributed by atoms with Gasteiger partial charge < -0.3 is 11.1 Å². The molecule has 0 bridgehead atoms. The topological polar surface area (TPSA) is 38.0 Å². The molecule has 0 amide bonds. The summed E-state index contributed by atoms with van der Waals surface area (Å²) in [5.74, 6) is 0. The molecular formula is C23H24N2. The van der Waals surface area contributed by atoms with Crippen LogP contribution in [0.1, 0.15) is 29.7 Å². The first-order valence-electron chi connectivity index (χ1n) is 8.64. The Hall–Kier alpha value is -2.84. The third-order valence-corrected chi connectivity index (χ3v) is 4.34. The lowest BCUT2D eigenvalue weighted by Crippen LogP contribution is -2.18. The third kappa shape index (κ3) is 4.59. The van der Waals surface area contributed by atoms with Crippen LogP contribution in [-0.2, 0) is 0 Å². The van der Waals surface area contributed by atoms with Crippen molar-refractivity contribution in [2.75, 3.05) is 12.3 Å². The molecule has 3 aromatic rings. The van der Waals surface area contributed by atoms with E-state index >= 15 is 0 Å². The second-order valence-corrected chi connectivity index (χ2v) is 6.15. The first kappa shape index (κ1) is 17.0. The maximum absolute atomic E-state index is 5.84. The minimum atomic E-state index is 0.306. The maximum Gasteiger partial charge on any atom is 0.0314 e. The number of hydrogen-bond donors (Lipinski definition) is 2. The van der Waals surface area contributed by atoms with Crippen molar-refractivity contribution >= 4 is 11.3 Å². The molecule has 25 heavy (non-hydrogen) atoms. The van der Waals surface area contributed by atoms with Crippen LogP contribution in [0.5, 0.6) is 0 Å². The van der Waals surface area contributed by atoms with Gasteiger partial charge in [0.25, 0.3) is 0 Å². The van der Waals surface area contributed by atoms with Crippen molar-refractivity contribution in [2.24, 2.45) is 0 Å². The normalized spacial score (nSPS) is 12.8. The third-order valence-electron chi connectivity index (χ3n) is 4.34. The molecule has 0 aliphatic heterocycles. The average Bonchev–Trinajstić information content (AvgIpc) is 2.67. The molecule has 0 saturated carbocycles. The van der Waals surface area contributed by atoms with Crippen LogP contribution in [0, 0.1) is 0 Å². The number of benzene rings is 3. The van der Waals surface area contributed by atoms with Crippen molar-refractivity contribution in [3.05, 3.63) is 108 Å². The van der Waals surface area contributed by atoms with Gasteiger partial charge in [0, 0.05) is 18.3 Å². The lowest BCUT2D eigenvalue weighted by Gasteiger charge is -2.14. The van der Waals surface area contributed by atoms with Gasteiger partial charge in [-0.15, -0.1) is 0 Å². The molecule has 3 aromatic carbocycles. The molecule has 2 nitrogen and oxygen atoms in total. The second kappa shape index (κ2) is 8.32. The Morgan fingerprint density at radius 2 is 1.40 bits per heavy atom. The van der Waals surface area contributed by atoms with E-state index in [9.17, 15) is 0 Å². The van der Waals surface area contributed by atoms with E-state index in [-0.39, 0.29) is 0 Å². The van der Waals surface area contributed by atoms with Gasteiger partial charge in [-0.1, -0.05) is 78.9 Å². The fourth-order valence-corrected chi connectivity index (χ4v) is 2.88. The Labute approximate surface area is 150 Å². The molecular weight excluding hydrogens is 304 g/mol. The van der Waals surface area contributed by atoms with E-state index in [0.717, 1.165) is 12.2 Å². The van der Waals surface area contributed by atoms with Gasteiger partial charge in [-0.3, -0.25) is 0 Å². The van der Waals surface area contributed by atoms with Gasteiger partial charge in [-0.2, -0.15) is 0 Å². The van der Waals surface area contributed by atoms with Gasteiger partial charge in [0.2, 0.25) is 0 Å².